The molecule has 3 aliphatic heterocycles. The van der Waals surface area contributed by atoms with Crippen molar-refractivity contribution in [2.24, 2.45) is 0 Å². The van der Waals surface area contributed by atoms with Gasteiger partial charge in [-0.15, -0.1) is 0 Å². The lowest BCUT2D eigenvalue weighted by Crippen LogP contribution is -2.54. The number of carbonyl (C=O) groups is 4. The summed E-state index contributed by atoms with van der Waals surface area (Å²) in [6.45, 7) is 2.07. The second-order valence-corrected chi connectivity index (χ2v) is 6.86. The quantitative estimate of drug-likeness (QED) is 0.498. The second kappa shape index (κ2) is 7.05. The zero-order chi connectivity index (χ0) is 19.0. The number of amides is 4. The van der Waals surface area contributed by atoms with Crippen molar-refractivity contribution in [3.63, 3.8) is 0 Å². The van der Waals surface area contributed by atoms with Crippen LogP contribution in [0.25, 0.3) is 0 Å². The number of piperidine rings is 1. The molecule has 0 aromatic heterocycles. The van der Waals surface area contributed by atoms with Crippen LogP contribution in [0.5, 0.6) is 0 Å². The average molecular weight is 368 g/mol. The van der Waals surface area contributed by atoms with E-state index >= 15 is 0 Å². The maximum atomic E-state index is 13.0. The van der Waals surface area contributed by atoms with Gasteiger partial charge in [-0.2, -0.15) is 0 Å². The molecule has 1 aromatic carbocycles. The first kappa shape index (κ1) is 17.6. The summed E-state index contributed by atoms with van der Waals surface area (Å²) in [7, 11) is 0. The number of imide groups is 2. The molecular formula is C19H20N4O4. The molecule has 4 amide bonds. The lowest BCUT2D eigenvalue weighted by molar-refractivity contribution is -0.136. The molecule has 1 fully saturated rings. The molecule has 2 unspecified atom stereocenters. The Kier molecular flexibility index (Phi) is 4.59. The third-order valence-corrected chi connectivity index (χ3v) is 5.10. The SMILES string of the molecule is O=C1CCC(N2C(=O)c3cccc(CNC4C=CCNC4)c3C2=O)C(=O)N1. The summed E-state index contributed by atoms with van der Waals surface area (Å²) in [5, 5.41) is 8.81. The highest BCUT2D eigenvalue weighted by Crippen LogP contribution is 2.29. The van der Waals surface area contributed by atoms with Crippen molar-refractivity contribution in [3.8, 4) is 0 Å². The highest BCUT2D eigenvalue weighted by atomic mass is 16.2. The Bertz CT molecular complexity index is 863. The van der Waals surface area contributed by atoms with E-state index in [2.05, 4.69) is 22.0 Å². The van der Waals surface area contributed by atoms with Crippen LogP contribution in [-0.4, -0.2) is 53.7 Å². The molecule has 3 heterocycles. The molecule has 0 spiro atoms. The first-order chi connectivity index (χ1) is 13.1. The summed E-state index contributed by atoms with van der Waals surface area (Å²) >= 11 is 0. The number of carbonyl (C=O) groups excluding carboxylic acids is 4. The number of rotatable bonds is 4. The van der Waals surface area contributed by atoms with Gasteiger partial charge in [-0.25, -0.2) is 0 Å². The number of nitrogens with zero attached hydrogens (tertiary/aromatic N) is 1. The molecule has 4 rings (SSSR count). The Morgan fingerprint density at radius 1 is 1.15 bits per heavy atom. The van der Waals surface area contributed by atoms with Crippen LogP contribution >= 0.6 is 0 Å². The van der Waals surface area contributed by atoms with Gasteiger partial charge in [-0.1, -0.05) is 24.3 Å². The highest BCUT2D eigenvalue weighted by molar-refractivity contribution is 6.24. The van der Waals surface area contributed by atoms with E-state index in [9.17, 15) is 19.2 Å². The Labute approximate surface area is 156 Å². The van der Waals surface area contributed by atoms with Gasteiger partial charge in [0, 0.05) is 32.1 Å². The van der Waals surface area contributed by atoms with Gasteiger partial charge >= 0.3 is 0 Å². The van der Waals surface area contributed by atoms with Crippen LogP contribution < -0.4 is 16.0 Å². The Morgan fingerprint density at radius 2 is 2.00 bits per heavy atom. The number of fused-ring (bicyclic) bond motifs is 1. The highest BCUT2D eigenvalue weighted by Gasteiger charge is 2.45. The van der Waals surface area contributed by atoms with Crippen molar-refractivity contribution in [2.75, 3.05) is 13.1 Å². The molecule has 3 aliphatic rings. The third kappa shape index (κ3) is 3.17. The summed E-state index contributed by atoms with van der Waals surface area (Å²) < 4.78 is 0. The fraction of sp³-hybridized carbons (Fsp3) is 0.368. The maximum absolute atomic E-state index is 13.0. The lowest BCUT2D eigenvalue weighted by Gasteiger charge is -2.27. The zero-order valence-corrected chi connectivity index (χ0v) is 14.7. The molecule has 1 saturated heterocycles. The predicted molar refractivity (Wildman–Crippen MR) is 95.8 cm³/mol. The fourth-order valence-electron chi connectivity index (χ4n) is 3.74. The smallest absolute Gasteiger partial charge is 0.262 e. The number of benzene rings is 1. The van der Waals surface area contributed by atoms with E-state index in [0.717, 1.165) is 23.6 Å². The van der Waals surface area contributed by atoms with Gasteiger partial charge in [-0.05, 0) is 18.1 Å². The topological polar surface area (TPSA) is 108 Å². The fourth-order valence-corrected chi connectivity index (χ4v) is 3.74. The predicted octanol–water partition coefficient (Wildman–Crippen LogP) is -0.295. The lowest BCUT2D eigenvalue weighted by atomic mass is 10.0. The molecule has 3 N–H and O–H groups in total. The Morgan fingerprint density at radius 3 is 2.74 bits per heavy atom. The van der Waals surface area contributed by atoms with Crippen molar-refractivity contribution in [1.29, 1.82) is 0 Å². The van der Waals surface area contributed by atoms with Gasteiger partial charge in [0.2, 0.25) is 11.8 Å². The molecule has 0 saturated carbocycles. The summed E-state index contributed by atoms with van der Waals surface area (Å²) in [6, 6.07) is 4.36. The summed E-state index contributed by atoms with van der Waals surface area (Å²) in [5.74, 6) is -1.93. The van der Waals surface area contributed by atoms with E-state index in [0.29, 0.717) is 17.7 Å². The van der Waals surface area contributed by atoms with Crippen molar-refractivity contribution in [1.82, 2.24) is 20.9 Å². The van der Waals surface area contributed by atoms with Gasteiger partial charge in [0.05, 0.1) is 11.1 Å². The average Bonchev–Trinajstić information content (AvgIpc) is 2.93. The van der Waals surface area contributed by atoms with E-state index in [4.69, 9.17) is 0 Å². The van der Waals surface area contributed by atoms with Crippen molar-refractivity contribution in [2.45, 2.75) is 31.5 Å². The number of nitrogens with one attached hydrogen (secondary N) is 3. The molecule has 0 radical (unpaired) electrons. The van der Waals surface area contributed by atoms with Crippen molar-refractivity contribution < 1.29 is 19.2 Å². The van der Waals surface area contributed by atoms with Crippen LogP contribution in [0.3, 0.4) is 0 Å². The number of hydrogen-bond acceptors (Lipinski definition) is 6. The largest absolute Gasteiger partial charge is 0.311 e. The van der Waals surface area contributed by atoms with Gasteiger partial charge in [0.15, 0.2) is 0 Å². The van der Waals surface area contributed by atoms with Crippen LogP contribution in [-0.2, 0) is 16.1 Å². The normalized spacial score (nSPS) is 25.0. The van der Waals surface area contributed by atoms with Crippen LogP contribution in [0.4, 0.5) is 0 Å². The van der Waals surface area contributed by atoms with Crippen molar-refractivity contribution >= 4 is 23.6 Å². The molecule has 2 atom stereocenters. The van der Waals surface area contributed by atoms with Crippen LogP contribution in [0.15, 0.2) is 30.4 Å². The molecule has 8 nitrogen and oxygen atoms in total. The summed E-state index contributed by atoms with van der Waals surface area (Å²) in [6.07, 6.45) is 4.37. The standard InChI is InChI=1S/C19H20N4O4/c24-15-7-6-14(17(25)22-15)23-18(26)13-5-1-3-11(16(13)19(23)27)9-21-12-4-2-8-20-10-12/h1-5,12,14,20-21H,6-10H2,(H,22,24,25). The van der Waals surface area contributed by atoms with E-state index in [1.54, 1.807) is 12.1 Å². The molecule has 0 aliphatic carbocycles. The molecular weight excluding hydrogens is 348 g/mol. The summed E-state index contributed by atoms with van der Waals surface area (Å²) in [5.41, 5.74) is 1.37. The number of hydrogen-bond donors (Lipinski definition) is 3. The molecule has 140 valence electrons. The zero-order valence-electron chi connectivity index (χ0n) is 14.7. The van der Waals surface area contributed by atoms with E-state index in [1.807, 2.05) is 12.1 Å². The third-order valence-electron chi connectivity index (χ3n) is 5.10. The first-order valence-electron chi connectivity index (χ1n) is 9.00. The Hall–Kier alpha value is -2.84. The van der Waals surface area contributed by atoms with E-state index in [-0.39, 0.29) is 24.8 Å². The van der Waals surface area contributed by atoms with Gasteiger partial charge < -0.3 is 10.6 Å². The maximum Gasteiger partial charge on any atom is 0.262 e. The van der Waals surface area contributed by atoms with Gasteiger partial charge in [0.1, 0.15) is 6.04 Å². The molecule has 27 heavy (non-hydrogen) atoms. The minimum Gasteiger partial charge on any atom is -0.311 e. The van der Waals surface area contributed by atoms with Crippen molar-refractivity contribution in [3.05, 3.63) is 47.0 Å². The monoisotopic (exact) mass is 368 g/mol. The Balaban J connectivity index is 1.57. The second-order valence-electron chi connectivity index (χ2n) is 6.86. The first-order valence-corrected chi connectivity index (χ1v) is 9.00. The van der Waals surface area contributed by atoms with Crippen LogP contribution in [0.2, 0.25) is 0 Å². The molecule has 1 aromatic rings. The molecule has 8 heteroatoms. The molecule has 0 bridgehead atoms. The minimum absolute atomic E-state index is 0.110. The van der Waals surface area contributed by atoms with Gasteiger partial charge in [0.25, 0.3) is 11.8 Å². The van der Waals surface area contributed by atoms with E-state index < -0.39 is 23.8 Å². The minimum atomic E-state index is -0.943. The van der Waals surface area contributed by atoms with Crippen LogP contribution in [0, 0.1) is 0 Å². The summed E-state index contributed by atoms with van der Waals surface area (Å²) in [4.78, 5) is 50.3. The van der Waals surface area contributed by atoms with E-state index in [1.165, 1.54) is 0 Å². The van der Waals surface area contributed by atoms with Crippen LogP contribution in [0.1, 0.15) is 39.1 Å². The van der Waals surface area contributed by atoms with Gasteiger partial charge in [-0.3, -0.25) is 29.4 Å².